The van der Waals surface area contributed by atoms with Crippen molar-refractivity contribution in [3.05, 3.63) is 18.2 Å². The van der Waals surface area contributed by atoms with E-state index in [0.717, 1.165) is 24.3 Å². The predicted octanol–water partition coefficient (Wildman–Crippen LogP) is 3.63. The van der Waals surface area contributed by atoms with E-state index >= 15 is 0 Å². The first-order chi connectivity index (χ1) is 8.48. The summed E-state index contributed by atoms with van der Waals surface area (Å²) < 4.78 is 11.2. The summed E-state index contributed by atoms with van der Waals surface area (Å²) >= 11 is 0. The zero-order valence-electron chi connectivity index (χ0n) is 11.5. The van der Waals surface area contributed by atoms with Gasteiger partial charge in [0, 0.05) is 23.9 Å². The summed E-state index contributed by atoms with van der Waals surface area (Å²) in [5.74, 6) is 1.57. The third-order valence-electron chi connectivity index (χ3n) is 3.73. The van der Waals surface area contributed by atoms with E-state index in [1.54, 1.807) is 13.2 Å². The number of methoxy groups -OCH3 is 1. The van der Waals surface area contributed by atoms with Gasteiger partial charge in [-0.15, -0.1) is 0 Å². The molecule has 0 radical (unpaired) electrons. The fourth-order valence-electron chi connectivity index (χ4n) is 2.46. The predicted molar refractivity (Wildman–Crippen MR) is 74.1 cm³/mol. The molecule has 0 aliphatic heterocycles. The number of hydrogen-bond acceptors (Lipinski definition) is 3. The average Bonchev–Trinajstić information content (AvgIpc) is 2.31. The van der Waals surface area contributed by atoms with Gasteiger partial charge in [0.2, 0.25) is 0 Å². The minimum Gasteiger partial charge on any atom is -0.497 e. The zero-order chi connectivity index (χ0) is 13.2. The van der Waals surface area contributed by atoms with Crippen LogP contribution in [0.25, 0.3) is 0 Å². The summed E-state index contributed by atoms with van der Waals surface area (Å²) in [4.78, 5) is 0. The quantitative estimate of drug-likeness (QED) is 0.832. The number of nitrogens with two attached hydrogens (primary N) is 1. The summed E-state index contributed by atoms with van der Waals surface area (Å²) in [6, 6.07) is 5.56. The Balaban J connectivity index is 2.00. The normalized spacial score (nSPS) is 19.5. The number of rotatable bonds is 3. The Labute approximate surface area is 109 Å². The Hall–Kier alpha value is -1.38. The molecular formula is C15H23NO2. The topological polar surface area (TPSA) is 44.5 Å². The van der Waals surface area contributed by atoms with Gasteiger partial charge in [-0.25, -0.2) is 0 Å². The highest BCUT2D eigenvalue weighted by Gasteiger charge is 2.27. The van der Waals surface area contributed by atoms with Crippen molar-refractivity contribution in [3.63, 3.8) is 0 Å². The Morgan fingerprint density at radius 2 is 1.72 bits per heavy atom. The molecule has 0 saturated heterocycles. The molecule has 1 aliphatic rings. The van der Waals surface area contributed by atoms with Gasteiger partial charge in [0.25, 0.3) is 0 Å². The molecule has 1 aliphatic carbocycles. The van der Waals surface area contributed by atoms with Gasteiger partial charge in [0.1, 0.15) is 11.5 Å². The lowest BCUT2D eigenvalue weighted by Gasteiger charge is -2.34. The van der Waals surface area contributed by atoms with Crippen molar-refractivity contribution < 1.29 is 9.47 Å². The molecule has 3 nitrogen and oxygen atoms in total. The van der Waals surface area contributed by atoms with E-state index in [9.17, 15) is 0 Å². The third kappa shape index (κ3) is 3.31. The molecule has 0 amide bonds. The van der Waals surface area contributed by atoms with Gasteiger partial charge in [0.15, 0.2) is 0 Å². The van der Waals surface area contributed by atoms with E-state index in [2.05, 4.69) is 13.8 Å². The van der Waals surface area contributed by atoms with E-state index in [0.29, 0.717) is 17.2 Å². The molecule has 18 heavy (non-hydrogen) atoms. The molecule has 2 N–H and O–H groups in total. The van der Waals surface area contributed by atoms with Crippen LogP contribution in [0.15, 0.2) is 18.2 Å². The molecule has 3 heteroatoms. The first-order valence-corrected chi connectivity index (χ1v) is 6.60. The molecule has 0 heterocycles. The molecule has 2 rings (SSSR count). The van der Waals surface area contributed by atoms with Crippen LogP contribution in [0.5, 0.6) is 11.5 Å². The average molecular weight is 249 g/mol. The van der Waals surface area contributed by atoms with E-state index in [1.165, 1.54) is 12.8 Å². The molecule has 0 spiro atoms. The van der Waals surface area contributed by atoms with E-state index in [1.807, 2.05) is 12.1 Å². The Kier molecular flexibility index (Phi) is 3.69. The fourth-order valence-corrected chi connectivity index (χ4v) is 2.46. The lowest BCUT2D eigenvalue weighted by molar-refractivity contribution is 0.0986. The zero-order valence-corrected chi connectivity index (χ0v) is 11.5. The van der Waals surface area contributed by atoms with Gasteiger partial charge in [-0.05, 0) is 31.1 Å². The standard InChI is InChI=1S/C15H23NO2/c1-15(2)6-4-12(5-7-15)18-14-9-11(16)8-13(10-14)17-3/h8-10,12H,4-7,16H2,1-3H3. The van der Waals surface area contributed by atoms with Crippen LogP contribution in [0.4, 0.5) is 5.69 Å². The summed E-state index contributed by atoms with van der Waals surface area (Å²) in [7, 11) is 1.64. The number of benzene rings is 1. The monoisotopic (exact) mass is 249 g/mol. The highest BCUT2D eigenvalue weighted by molar-refractivity contribution is 5.50. The van der Waals surface area contributed by atoms with Gasteiger partial charge in [0.05, 0.1) is 13.2 Å². The minimum atomic E-state index is 0.310. The van der Waals surface area contributed by atoms with Crippen molar-refractivity contribution in [3.8, 4) is 11.5 Å². The van der Waals surface area contributed by atoms with E-state index < -0.39 is 0 Å². The summed E-state index contributed by atoms with van der Waals surface area (Å²) in [5, 5.41) is 0. The number of hydrogen-bond donors (Lipinski definition) is 1. The fraction of sp³-hybridized carbons (Fsp3) is 0.600. The second-order valence-corrected chi connectivity index (χ2v) is 5.92. The van der Waals surface area contributed by atoms with Gasteiger partial charge < -0.3 is 15.2 Å². The molecule has 1 saturated carbocycles. The largest absolute Gasteiger partial charge is 0.497 e. The maximum absolute atomic E-state index is 6.01. The Morgan fingerprint density at radius 3 is 2.33 bits per heavy atom. The maximum Gasteiger partial charge on any atom is 0.125 e. The number of anilines is 1. The smallest absolute Gasteiger partial charge is 0.125 e. The second-order valence-electron chi connectivity index (χ2n) is 5.92. The number of ether oxygens (including phenoxy) is 2. The van der Waals surface area contributed by atoms with E-state index in [4.69, 9.17) is 15.2 Å². The van der Waals surface area contributed by atoms with Crippen molar-refractivity contribution in [2.24, 2.45) is 5.41 Å². The molecule has 0 atom stereocenters. The highest BCUT2D eigenvalue weighted by atomic mass is 16.5. The molecule has 100 valence electrons. The van der Waals surface area contributed by atoms with Gasteiger partial charge in [-0.3, -0.25) is 0 Å². The molecule has 0 unspecified atom stereocenters. The SMILES string of the molecule is COc1cc(N)cc(OC2CCC(C)(C)CC2)c1. The van der Waals surface area contributed by atoms with Crippen LogP contribution in [0.3, 0.4) is 0 Å². The van der Waals surface area contributed by atoms with Gasteiger partial charge in [-0.1, -0.05) is 13.8 Å². The lowest BCUT2D eigenvalue weighted by atomic mass is 9.76. The number of nitrogen functional groups attached to an aromatic ring is 1. The van der Waals surface area contributed by atoms with Crippen LogP contribution in [-0.2, 0) is 0 Å². The molecule has 1 aromatic rings. The van der Waals surface area contributed by atoms with Crippen molar-refractivity contribution in [2.45, 2.75) is 45.6 Å². The molecule has 1 fully saturated rings. The van der Waals surface area contributed by atoms with Crippen LogP contribution in [0.1, 0.15) is 39.5 Å². The summed E-state index contributed by atoms with van der Waals surface area (Å²) in [5.41, 5.74) is 6.97. The van der Waals surface area contributed by atoms with Crippen molar-refractivity contribution >= 4 is 5.69 Å². The Morgan fingerprint density at radius 1 is 1.11 bits per heavy atom. The first-order valence-electron chi connectivity index (χ1n) is 6.60. The lowest BCUT2D eigenvalue weighted by Crippen LogP contribution is -2.28. The van der Waals surface area contributed by atoms with Crippen LogP contribution in [0, 0.1) is 5.41 Å². The molecular weight excluding hydrogens is 226 g/mol. The third-order valence-corrected chi connectivity index (χ3v) is 3.73. The van der Waals surface area contributed by atoms with Crippen LogP contribution < -0.4 is 15.2 Å². The highest BCUT2D eigenvalue weighted by Crippen LogP contribution is 2.37. The first kappa shape index (κ1) is 13.1. The Bertz CT molecular complexity index is 405. The van der Waals surface area contributed by atoms with Crippen molar-refractivity contribution in [1.82, 2.24) is 0 Å². The molecule has 1 aromatic carbocycles. The molecule has 0 aromatic heterocycles. The van der Waals surface area contributed by atoms with Crippen molar-refractivity contribution in [1.29, 1.82) is 0 Å². The van der Waals surface area contributed by atoms with E-state index in [-0.39, 0.29) is 0 Å². The van der Waals surface area contributed by atoms with Gasteiger partial charge >= 0.3 is 0 Å². The second kappa shape index (κ2) is 5.09. The maximum atomic E-state index is 6.01. The van der Waals surface area contributed by atoms with Crippen LogP contribution >= 0.6 is 0 Å². The minimum absolute atomic E-state index is 0.310. The summed E-state index contributed by atoms with van der Waals surface area (Å²) in [6.07, 6.45) is 4.98. The molecule has 0 bridgehead atoms. The van der Waals surface area contributed by atoms with Gasteiger partial charge in [-0.2, -0.15) is 0 Å². The van der Waals surface area contributed by atoms with Crippen molar-refractivity contribution in [2.75, 3.05) is 12.8 Å². The van der Waals surface area contributed by atoms with Crippen LogP contribution in [-0.4, -0.2) is 13.2 Å². The summed E-state index contributed by atoms with van der Waals surface area (Å²) in [6.45, 7) is 4.65. The van der Waals surface area contributed by atoms with Crippen LogP contribution in [0.2, 0.25) is 0 Å².